The number of hydrogen-bond acceptors (Lipinski definition) is 7. The summed E-state index contributed by atoms with van der Waals surface area (Å²) in [6.45, 7) is 8.25. The van der Waals surface area contributed by atoms with Gasteiger partial charge in [-0.1, -0.05) is 19.1 Å². The lowest BCUT2D eigenvalue weighted by atomic mass is 10.1. The van der Waals surface area contributed by atoms with Crippen molar-refractivity contribution in [3.8, 4) is 0 Å². The Labute approximate surface area is 158 Å². The minimum absolute atomic E-state index is 0.0528. The summed E-state index contributed by atoms with van der Waals surface area (Å²) in [7, 11) is 0. The number of carbonyl (C=O) groups excluding carboxylic acids is 2. The highest BCUT2D eigenvalue weighted by Crippen LogP contribution is 2.18. The van der Waals surface area contributed by atoms with Crippen molar-refractivity contribution in [3.05, 3.63) is 12.2 Å². The van der Waals surface area contributed by atoms with Gasteiger partial charge in [0.2, 0.25) is 11.8 Å². The number of amides is 2. The van der Waals surface area contributed by atoms with Gasteiger partial charge in [0.1, 0.15) is 0 Å². The molecule has 6 N–H and O–H groups in total. The van der Waals surface area contributed by atoms with Gasteiger partial charge in [-0.05, 0) is 18.6 Å². The van der Waals surface area contributed by atoms with Gasteiger partial charge in [-0.2, -0.15) is 35.3 Å². The molecule has 0 bridgehead atoms. The molecule has 2 atom stereocenters. The normalized spacial score (nSPS) is 13.2. The molecule has 0 heterocycles. The zero-order valence-corrected chi connectivity index (χ0v) is 17.0. The molecule has 24 heavy (non-hydrogen) atoms. The van der Waals surface area contributed by atoms with Crippen molar-refractivity contribution in [1.82, 2.24) is 10.9 Å². The monoisotopic (exact) mass is 394 g/mol. The average molecular weight is 395 g/mol. The van der Waals surface area contributed by atoms with Gasteiger partial charge < -0.3 is 0 Å². The third-order valence-electron chi connectivity index (χ3n) is 3.38. The van der Waals surface area contributed by atoms with Crippen LogP contribution in [0.3, 0.4) is 0 Å². The van der Waals surface area contributed by atoms with Crippen LogP contribution in [-0.2, 0) is 9.59 Å². The number of hydrazine groups is 2. The van der Waals surface area contributed by atoms with Crippen LogP contribution in [0.1, 0.15) is 20.3 Å². The molecule has 2 unspecified atom stereocenters. The Kier molecular flexibility index (Phi) is 14.7. The summed E-state index contributed by atoms with van der Waals surface area (Å²) >= 11 is 5.53. The van der Waals surface area contributed by atoms with Crippen molar-refractivity contribution < 1.29 is 9.59 Å². The highest BCUT2D eigenvalue weighted by atomic mass is 32.2. The first-order valence-electron chi connectivity index (χ1n) is 7.80. The SMILES string of the molecule is C=C(C)C(C)CSCCSCCSCC(CC(=O)NN)C(=O)NN. The van der Waals surface area contributed by atoms with Crippen LogP contribution in [0.15, 0.2) is 12.2 Å². The minimum Gasteiger partial charge on any atom is -0.294 e. The highest BCUT2D eigenvalue weighted by Gasteiger charge is 2.20. The second kappa shape index (κ2) is 14.9. The van der Waals surface area contributed by atoms with Crippen molar-refractivity contribution in [2.75, 3.05) is 34.5 Å². The standard InChI is InChI=1S/C15H30N4O2S3/c1-11(2)12(3)9-23-6-4-22-5-7-24-10-13(15(21)19-17)8-14(20)18-16/h12-13H,1,4-10,16-17H2,2-3H3,(H,18,20)(H,19,21). The van der Waals surface area contributed by atoms with Gasteiger partial charge in [0.25, 0.3) is 0 Å². The van der Waals surface area contributed by atoms with Crippen LogP contribution in [0.4, 0.5) is 0 Å². The van der Waals surface area contributed by atoms with E-state index in [1.165, 1.54) is 5.57 Å². The Morgan fingerprint density at radius 1 is 1.00 bits per heavy atom. The fourth-order valence-corrected chi connectivity index (χ4v) is 5.21. The number of rotatable bonds is 14. The summed E-state index contributed by atoms with van der Waals surface area (Å²) in [6, 6.07) is 0. The first-order chi connectivity index (χ1) is 11.4. The Morgan fingerprint density at radius 3 is 2.04 bits per heavy atom. The zero-order chi connectivity index (χ0) is 18.4. The van der Waals surface area contributed by atoms with Crippen LogP contribution in [0.25, 0.3) is 0 Å². The fraction of sp³-hybridized carbons (Fsp3) is 0.733. The minimum atomic E-state index is -0.451. The Bertz CT molecular complexity index is 397. The number of nitrogens with one attached hydrogen (secondary N) is 2. The zero-order valence-electron chi connectivity index (χ0n) is 14.5. The van der Waals surface area contributed by atoms with Crippen molar-refractivity contribution in [2.24, 2.45) is 23.5 Å². The van der Waals surface area contributed by atoms with E-state index in [0.717, 1.165) is 28.8 Å². The van der Waals surface area contributed by atoms with E-state index < -0.39 is 5.92 Å². The van der Waals surface area contributed by atoms with E-state index in [-0.39, 0.29) is 18.2 Å². The highest BCUT2D eigenvalue weighted by molar-refractivity contribution is 8.04. The number of carbonyl (C=O) groups is 2. The van der Waals surface area contributed by atoms with Crippen molar-refractivity contribution in [1.29, 1.82) is 0 Å². The van der Waals surface area contributed by atoms with Crippen molar-refractivity contribution in [3.63, 3.8) is 0 Å². The van der Waals surface area contributed by atoms with E-state index in [4.69, 9.17) is 11.7 Å². The molecular formula is C15H30N4O2S3. The average Bonchev–Trinajstić information content (AvgIpc) is 2.57. The molecule has 0 spiro atoms. The van der Waals surface area contributed by atoms with Gasteiger partial charge in [0, 0.05) is 35.2 Å². The number of allylic oxidation sites excluding steroid dienone is 1. The summed E-state index contributed by atoms with van der Waals surface area (Å²) in [5.74, 6) is 15.5. The van der Waals surface area contributed by atoms with Gasteiger partial charge in [-0.15, -0.1) is 0 Å². The second-order valence-electron chi connectivity index (χ2n) is 5.49. The molecule has 0 aliphatic rings. The van der Waals surface area contributed by atoms with Crippen LogP contribution in [0, 0.1) is 11.8 Å². The van der Waals surface area contributed by atoms with E-state index >= 15 is 0 Å². The maximum Gasteiger partial charge on any atom is 0.238 e. The van der Waals surface area contributed by atoms with Crippen LogP contribution >= 0.6 is 35.3 Å². The number of nitrogens with two attached hydrogens (primary N) is 2. The third-order valence-corrected chi connectivity index (χ3v) is 7.24. The van der Waals surface area contributed by atoms with E-state index in [9.17, 15) is 9.59 Å². The predicted molar refractivity (Wildman–Crippen MR) is 109 cm³/mol. The molecule has 0 saturated carbocycles. The second-order valence-corrected chi connectivity index (χ2v) is 9.01. The molecule has 0 aliphatic carbocycles. The van der Waals surface area contributed by atoms with Gasteiger partial charge >= 0.3 is 0 Å². The smallest absolute Gasteiger partial charge is 0.238 e. The van der Waals surface area contributed by atoms with Crippen LogP contribution in [-0.4, -0.2) is 46.3 Å². The lowest BCUT2D eigenvalue weighted by Crippen LogP contribution is -2.40. The van der Waals surface area contributed by atoms with Gasteiger partial charge in [0.05, 0.1) is 5.92 Å². The van der Waals surface area contributed by atoms with E-state index in [0.29, 0.717) is 11.7 Å². The van der Waals surface area contributed by atoms with Gasteiger partial charge in [-0.3, -0.25) is 20.4 Å². The van der Waals surface area contributed by atoms with Crippen LogP contribution in [0.2, 0.25) is 0 Å². The van der Waals surface area contributed by atoms with Gasteiger partial charge in [-0.25, -0.2) is 11.7 Å². The molecule has 0 radical (unpaired) electrons. The summed E-state index contributed by atoms with van der Waals surface area (Å²) in [4.78, 5) is 22.9. The summed E-state index contributed by atoms with van der Waals surface area (Å²) in [5.41, 5.74) is 5.38. The maximum atomic E-state index is 11.6. The molecule has 140 valence electrons. The quantitative estimate of drug-likeness (QED) is 0.116. The van der Waals surface area contributed by atoms with Gasteiger partial charge in [0.15, 0.2) is 0 Å². The first-order valence-corrected chi connectivity index (χ1v) is 11.3. The molecule has 0 aromatic heterocycles. The van der Waals surface area contributed by atoms with Crippen LogP contribution in [0.5, 0.6) is 0 Å². The molecule has 0 saturated heterocycles. The summed E-state index contributed by atoms with van der Waals surface area (Å²) in [5, 5.41) is 0. The summed E-state index contributed by atoms with van der Waals surface area (Å²) in [6.07, 6.45) is 0.0528. The third kappa shape index (κ3) is 12.1. The molecule has 2 amide bonds. The topological polar surface area (TPSA) is 110 Å². The first kappa shape index (κ1) is 23.6. The Balaban J connectivity index is 3.69. The van der Waals surface area contributed by atoms with Crippen molar-refractivity contribution >= 4 is 47.1 Å². The number of hydrogen-bond donors (Lipinski definition) is 4. The largest absolute Gasteiger partial charge is 0.294 e. The fourth-order valence-electron chi connectivity index (χ4n) is 1.59. The molecular weight excluding hydrogens is 364 g/mol. The molecule has 9 heteroatoms. The van der Waals surface area contributed by atoms with E-state index in [1.54, 1.807) is 11.8 Å². The Hall–Kier alpha value is -0.350. The molecule has 0 rings (SSSR count). The molecule has 0 fully saturated rings. The molecule has 6 nitrogen and oxygen atoms in total. The lowest BCUT2D eigenvalue weighted by Gasteiger charge is -2.13. The lowest BCUT2D eigenvalue weighted by molar-refractivity contribution is -0.129. The molecule has 0 aromatic rings. The summed E-state index contributed by atoms with van der Waals surface area (Å²) < 4.78 is 0. The maximum absolute atomic E-state index is 11.6. The molecule has 0 aliphatic heterocycles. The number of thioether (sulfide) groups is 3. The van der Waals surface area contributed by atoms with Crippen LogP contribution < -0.4 is 22.5 Å². The predicted octanol–water partition coefficient (Wildman–Crippen LogP) is 1.38. The van der Waals surface area contributed by atoms with E-state index in [1.807, 2.05) is 28.9 Å². The molecule has 0 aromatic carbocycles. The van der Waals surface area contributed by atoms with E-state index in [2.05, 4.69) is 25.9 Å². The van der Waals surface area contributed by atoms with Crippen molar-refractivity contribution in [2.45, 2.75) is 20.3 Å². The Morgan fingerprint density at radius 2 is 1.54 bits per heavy atom.